The molecule has 2 aromatic rings. The number of sulfonamides is 1. The summed E-state index contributed by atoms with van der Waals surface area (Å²) in [6.45, 7) is 2.40. The Morgan fingerprint density at radius 3 is 2.29 bits per heavy atom. The van der Waals surface area contributed by atoms with E-state index in [-0.39, 0.29) is 11.8 Å². The van der Waals surface area contributed by atoms with Crippen molar-refractivity contribution in [1.82, 2.24) is 14.2 Å². The Morgan fingerprint density at radius 1 is 1.00 bits per heavy atom. The molecule has 0 aliphatic carbocycles. The molecule has 4 heterocycles. The predicted molar refractivity (Wildman–Crippen MR) is 109 cm³/mol. The first-order valence-electron chi connectivity index (χ1n) is 9.78. The highest BCUT2D eigenvalue weighted by atomic mass is 32.2. The summed E-state index contributed by atoms with van der Waals surface area (Å²) >= 11 is 1.24. The van der Waals surface area contributed by atoms with E-state index in [0.29, 0.717) is 36.1 Å². The highest BCUT2D eigenvalue weighted by Gasteiger charge is 2.35. The van der Waals surface area contributed by atoms with Crippen LogP contribution in [0.2, 0.25) is 0 Å². The largest absolute Gasteiger partial charge is 0.342 e. The molecule has 2 saturated heterocycles. The van der Waals surface area contributed by atoms with Gasteiger partial charge in [0, 0.05) is 44.5 Å². The molecule has 2 aliphatic rings. The second-order valence-corrected chi connectivity index (χ2v) is 10.6. The van der Waals surface area contributed by atoms with E-state index in [2.05, 4.69) is 17.1 Å². The zero-order chi connectivity index (χ0) is 19.6. The van der Waals surface area contributed by atoms with Crippen molar-refractivity contribution >= 4 is 27.3 Å². The average Bonchev–Trinajstić information content (AvgIpc) is 3.30. The molecule has 8 heteroatoms. The van der Waals surface area contributed by atoms with Gasteiger partial charge in [-0.25, -0.2) is 8.42 Å². The van der Waals surface area contributed by atoms with E-state index in [1.165, 1.54) is 21.2 Å². The lowest BCUT2D eigenvalue weighted by Gasteiger charge is -2.37. The van der Waals surface area contributed by atoms with Crippen LogP contribution in [0.25, 0.3) is 0 Å². The van der Waals surface area contributed by atoms with Gasteiger partial charge in [0.15, 0.2) is 0 Å². The smallest absolute Gasteiger partial charge is 0.252 e. The Labute approximate surface area is 170 Å². The molecular weight excluding hydrogens is 394 g/mol. The van der Waals surface area contributed by atoms with Gasteiger partial charge in [-0.05, 0) is 60.7 Å². The van der Waals surface area contributed by atoms with E-state index < -0.39 is 10.0 Å². The van der Waals surface area contributed by atoms with Crippen LogP contribution < -0.4 is 0 Å². The fourth-order valence-electron chi connectivity index (χ4n) is 4.21. The third-order valence-corrected chi connectivity index (χ3v) is 9.15. The molecule has 0 saturated carbocycles. The summed E-state index contributed by atoms with van der Waals surface area (Å²) in [5.41, 5.74) is 1.30. The molecule has 28 heavy (non-hydrogen) atoms. The summed E-state index contributed by atoms with van der Waals surface area (Å²) in [5, 5.41) is 1.78. The van der Waals surface area contributed by atoms with Crippen LogP contribution in [-0.2, 0) is 14.8 Å². The van der Waals surface area contributed by atoms with Gasteiger partial charge in [-0.15, -0.1) is 11.3 Å². The van der Waals surface area contributed by atoms with Crippen LogP contribution in [0, 0.1) is 5.92 Å². The van der Waals surface area contributed by atoms with Gasteiger partial charge in [-0.1, -0.05) is 6.07 Å². The minimum atomic E-state index is -3.41. The van der Waals surface area contributed by atoms with Crippen molar-refractivity contribution in [3.05, 3.63) is 47.6 Å². The lowest BCUT2D eigenvalue weighted by molar-refractivity contribution is -0.137. The van der Waals surface area contributed by atoms with Gasteiger partial charge >= 0.3 is 0 Å². The highest BCUT2D eigenvalue weighted by molar-refractivity contribution is 7.91. The summed E-state index contributed by atoms with van der Waals surface area (Å²) in [7, 11) is -3.41. The van der Waals surface area contributed by atoms with Gasteiger partial charge in [0.05, 0.1) is 0 Å². The second-order valence-electron chi connectivity index (χ2n) is 7.49. The van der Waals surface area contributed by atoms with E-state index >= 15 is 0 Å². The van der Waals surface area contributed by atoms with Crippen LogP contribution in [0.3, 0.4) is 0 Å². The number of pyridine rings is 1. The molecule has 150 valence electrons. The molecule has 0 bridgehead atoms. The van der Waals surface area contributed by atoms with Gasteiger partial charge in [-0.3, -0.25) is 9.78 Å². The Kier molecular flexibility index (Phi) is 5.80. The zero-order valence-electron chi connectivity index (χ0n) is 15.7. The predicted octanol–water partition coefficient (Wildman–Crippen LogP) is 2.95. The zero-order valence-corrected chi connectivity index (χ0v) is 17.4. The lowest BCUT2D eigenvalue weighted by Crippen LogP contribution is -2.46. The molecular formula is C20H25N3O3S2. The van der Waals surface area contributed by atoms with E-state index in [9.17, 15) is 13.2 Å². The number of nitrogens with zero attached hydrogens (tertiary/aromatic N) is 3. The number of carbonyl (C=O) groups is 1. The number of piperidine rings is 2. The van der Waals surface area contributed by atoms with Crippen molar-refractivity contribution in [3.8, 4) is 0 Å². The van der Waals surface area contributed by atoms with Gasteiger partial charge < -0.3 is 4.90 Å². The van der Waals surface area contributed by atoms with Crippen LogP contribution in [0.1, 0.15) is 37.2 Å². The Balaban J connectivity index is 1.30. The molecule has 2 fully saturated rings. The minimum absolute atomic E-state index is 0.0627. The number of thiophene rings is 1. The minimum Gasteiger partial charge on any atom is -0.342 e. The number of carbonyl (C=O) groups excluding carboxylic acids is 1. The molecule has 1 amide bonds. The first-order chi connectivity index (χ1) is 13.6. The third kappa shape index (κ3) is 3.99. The number of rotatable bonds is 4. The summed E-state index contributed by atoms with van der Waals surface area (Å²) < 4.78 is 27.2. The summed E-state index contributed by atoms with van der Waals surface area (Å²) in [6, 6.07) is 7.52. The standard InChI is InChI=1S/C20H25N3O3S2/c24-20(22-11-5-17(6-12-22)16-3-9-21-10-4-16)18-7-13-23(14-8-18)28(25,26)19-2-1-15-27-19/h1-4,9-10,15,17-18H,5-8,11-14H2. The molecule has 0 atom stereocenters. The van der Waals surface area contributed by atoms with E-state index in [1.807, 2.05) is 17.3 Å². The van der Waals surface area contributed by atoms with Gasteiger partial charge in [0.1, 0.15) is 4.21 Å². The highest BCUT2D eigenvalue weighted by Crippen LogP contribution is 2.31. The molecule has 0 radical (unpaired) electrons. The quantitative estimate of drug-likeness (QED) is 0.764. The number of hydrogen-bond acceptors (Lipinski definition) is 5. The van der Waals surface area contributed by atoms with Crippen LogP contribution >= 0.6 is 11.3 Å². The molecule has 2 aliphatic heterocycles. The lowest BCUT2D eigenvalue weighted by atomic mass is 9.88. The van der Waals surface area contributed by atoms with Crippen molar-refractivity contribution in [1.29, 1.82) is 0 Å². The molecule has 2 aromatic heterocycles. The number of amides is 1. The maximum Gasteiger partial charge on any atom is 0.252 e. The molecule has 4 rings (SSSR count). The van der Waals surface area contributed by atoms with Gasteiger partial charge in [-0.2, -0.15) is 4.31 Å². The number of aromatic nitrogens is 1. The third-order valence-electron chi connectivity index (χ3n) is 5.88. The average molecular weight is 420 g/mol. The van der Waals surface area contributed by atoms with E-state index in [1.54, 1.807) is 17.5 Å². The first kappa shape index (κ1) is 19.5. The molecule has 0 unspecified atom stereocenters. The Hall–Kier alpha value is -1.77. The van der Waals surface area contributed by atoms with Crippen LogP contribution in [0.4, 0.5) is 0 Å². The maximum absolute atomic E-state index is 12.9. The first-order valence-corrected chi connectivity index (χ1v) is 12.1. The van der Waals surface area contributed by atoms with Crippen LogP contribution in [0.15, 0.2) is 46.2 Å². The topological polar surface area (TPSA) is 70.6 Å². The van der Waals surface area contributed by atoms with Crippen molar-refractivity contribution in [2.45, 2.75) is 35.8 Å². The second kappa shape index (κ2) is 8.31. The summed E-state index contributed by atoms with van der Waals surface area (Å²) in [6.07, 6.45) is 6.81. The van der Waals surface area contributed by atoms with Gasteiger partial charge in [0.2, 0.25) is 5.91 Å². The number of hydrogen-bond donors (Lipinski definition) is 0. The summed E-state index contributed by atoms with van der Waals surface area (Å²) in [5.74, 6) is 0.624. The number of likely N-dealkylation sites (tertiary alicyclic amines) is 1. The van der Waals surface area contributed by atoms with Crippen LogP contribution in [0.5, 0.6) is 0 Å². The molecule has 0 spiro atoms. The van der Waals surface area contributed by atoms with Crippen molar-refractivity contribution in [3.63, 3.8) is 0 Å². The fraction of sp³-hybridized carbons (Fsp3) is 0.500. The van der Waals surface area contributed by atoms with Crippen molar-refractivity contribution < 1.29 is 13.2 Å². The van der Waals surface area contributed by atoms with E-state index in [0.717, 1.165) is 25.9 Å². The molecule has 0 N–H and O–H groups in total. The molecule has 0 aromatic carbocycles. The van der Waals surface area contributed by atoms with E-state index in [4.69, 9.17) is 0 Å². The Bertz CT molecular complexity index is 884. The molecule has 6 nitrogen and oxygen atoms in total. The summed E-state index contributed by atoms with van der Waals surface area (Å²) in [4.78, 5) is 19.0. The Morgan fingerprint density at radius 2 is 1.68 bits per heavy atom. The SMILES string of the molecule is O=C(C1CCN(S(=O)(=O)c2cccs2)CC1)N1CCC(c2ccncc2)CC1. The van der Waals surface area contributed by atoms with Crippen LogP contribution in [-0.4, -0.2) is 54.7 Å². The monoisotopic (exact) mass is 419 g/mol. The normalized spacial score (nSPS) is 20.4. The van der Waals surface area contributed by atoms with Crippen molar-refractivity contribution in [2.75, 3.05) is 26.2 Å². The fourth-order valence-corrected chi connectivity index (χ4v) is 6.82. The van der Waals surface area contributed by atoms with Crippen molar-refractivity contribution in [2.24, 2.45) is 5.92 Å². The maximum atomic E-state index is 12.9. The van der Waals surface area contributed by atoms with Gasteiger partial charge in [0.25, 0.3) is 10.0 Å².